The molecule has 0 amide bonds. The summed E-state index contributed by atoms with van der Waals surface area (Å²) >= 11 is 0. The Labute approximate surface area is 208 Å². The first kappa shape index (κ1) is 21.9. The molecule has 1 aromatic heterocycles. The average molecular weight is 472 g/mol. The fraction of sp³-hybridized carbons (Fsp3) is 0.0968. The van der Waals surface area contributed by atoms with Gasteiger partial charge in [0.05, 0.1) is 12.2 Å². The Balaban J connectivity index is 1.67. The number of hydrogen-bond donors (Lipinski definition) is 0. The molecule has 2 heterocycles. The second-order valence-corrected chi connectivity index (χ2v) is 8.99. The quantitative estimate of drug-likeness (QED) is 0.391. The van der Waals surface area contributed by atoms with E-state index in [1.807, 2.05) is 66.7 Å². The summed E-state index contributed by atoms with van der Waals surface area (Å²) in [4.78, 5) is 27.7. The topological polar surface area (TPSA) is 48.9 Å². The molecule has 2 aliphatic rings. The van der Waals surface area contributed by atoms with Gasteiger partial charge in [-0.05, 0) is 52.0 Å². The van der Waals surface area contributed by atoms with Crippen LogP contribution >= 0.6 is 0 Å². The smallest absolute Gasteiger partial charge is 0.245 e. The lowest BCUT2D eigenvalue weighted by Gasteiger charge is -2.33. The van der Waals surface area contributed by atoms with E-state index < -0.39 is 6.04 Å². The first-order chi connectivity index (χ1) is 17.6. The van der Waals surface area contributed by atoms with Crippen molar-refractivity contribution in [1.82, 2.24) is 13.9 Å². The molecule has 0 saturated heterocycles. The summed E-state index contributed by atoms with van der Waals surface area (Å²) in [6, 6.07) is 28.7. The lowest BCUT2D eigenvalue weighted by Crippen LogP contribution is -2.37. The second kappa shape index (κ2) is 8.86. The highest BCUT2D eigenvalue weighted by atomic mass is 16.2. The van der Waals surface area contributed by atoms with Crippen LogP contribution in [0.3, 0.4) is 0 Å². The standard InChI is InChI=1S/C31H25N3O2/c1-22(23-13-5-2-6-14-23)28-27(24-15-7-3-8-16-24)21-32-30(35)33(26-19-9-4-10-20-26)31(36)34(32)29(28)25-17-11-12-18-25/h2-11,13-20,29H,1,12,21H2. The highest BCUT2D eigenvalue weighted by Crippen LogP contribution is 2.43. The van der Waals surface area contributed by atoms with Gasteiger partial charge in [-0.15, -0.1) is 0 Å². The maximum atomic E-state index is 14.0. The molecule has 36 heavy (non-hydrogen) atoms. The predicted octanol–water partition coefficient (Wildman–Crippen LogP) is 5.41. The van der Waals surface area contributed by atoms with Gasteiger partial charge in [0.25, 0.3) is 0 Å². The van der Waals surface area contributed by atoms with E-state index in [-0.39, 0.29) is 17.9 Å². The zero-order chi connectivity index (χ0) is 24.6. The van der Waals surface area contributed by atoms with Crippen molar-refractivity contribution in [3.05, 3.63) is 159 Å². The average Bonchev–Trinajstić information content (AvgIpc) is 3.55. The van der Waals surface area contributed by atoms with Gasteiger partial charge >= 0.3 is 11.4 Å². The van der Waals surface area contributed by atoms with Crippen LogP contribution in [-0.4, -0.2) is 13.9 Å². The number of allylic oxidation sites excluding steroid dienone is 7. The summed E-state index contributed by atoms with van der Waals surface area (Å²) < 4.78 is 4.47. The van der Waals surface area contributed by atoms with Crippen LogP contribution < -0.4 is 11.4 Å². The molecule has 0 N–H and O–H groups in total. The van der Waals surface area contributed by atoms with Crippen molar-refractivity contribution in [2.24, 2.45) is 0 Å². The van der Waals surface area contributed by atoms with E-state index in [1.54, 1.807) is 21.5 Å². The van der Waals surface area contributed by atoms with Gasteiger partial charge in [-0.3, -0.25) is 0 Å². The molecule has 1 aliphatic carbocycles. The van der Waals surface area contributed by atoms with Crippen molar-refractivity contribution in [1.29, 1.82) is 0 Å². The number of benzene rings is 3. The summed E-state index contributed by atoms with van der Waals surface area (Å²) in [7, 11) is 0. The molecule has 1 aliphatic heterocycles. The highest BCUT2D eigenvalue weighted by molar-refractivity contribution is 5.90. The molecular formula is C31H25N3O2. The molecule has 1 unspecified atom stereocenters. The summed E-state index contributed by atoms with van der Waals surface area (Å²) in [6.45, 7) is 4.79. The van der Waals surface area contributed by atoms with Crippen LogP contribution in [0.1, 0.15) is 23.6 Å². The van der Waals surface area contributed by atoms with Crippen LogP contribution in [0.4, 0.5) is 0 Å². The number of para-hydroxylation sites is 1. The Bertz CT molecular complexity index is 1660. The van der Waals surface area contributed by atoms with Gasteiger partial charge in [0.15, 0.2) is 0 Å². The van der Waals surface area contributed by atoms with Gasteiger partial charge in [0.1, 0.15) is 6.04 Å². The predicted molar refractivity (Wildman–Crippen MR) is 144 cm³/mol. The summed E-state index contributed by atoms with van der Waals surface area (Å²) in [5.41, 5.74) is 5.62. The van der Waals surface area contributed by atoms with Gasteiger partial charge in [-0.2, -0.15) is 0 Å². The minimum absolute atomic E-state index is 0.270. The van der Waals surface area contributed by atoms with E-state index in [0.717, 1.165) is 39.8 Å². The van der Waals surface area contributed by atoms with Crippen LogP contribution in [0.2, 0.25) is 0 Å². The zero-order valence-corrected chi connectivity index (χ0v) is 19.7. The van der Waals surface area contributed by atoms with Gasteiger partial charge in [0, 0.05) is 0 Å². The summed E-state index contributed by atoms with van der Waals surface area (Å²) in [5, 5.41) is 0. The molecule has 0 saturated carbocycles. The third kappa shape index (κ3) is 3.48. The van der Waals surface area contributed by atoms with Crippen molar-refractivity contribution in [3.63, 3.8) is 0 Å². The fourth-order valence-corrected chi connectivity index (χ4v) is 5.22. The first-order valence-corrected chi connectivity index (χ1v) is 12.0. The van der Waals surface area contributed by atoms with Crippen LogP contribution in [0.5, 0.6) is 0 Å². The number of rotatable bonds is 5. The molecule has 4 aromatic rings. The van der Waals surface area contributed by atoms with Gasteiger partial charge < -0.3 is 0 Å². The Morgan fingerprint density at radius 1 is 0.806 bits per heavy atom. The largest absolute Gasteiger partial charge is 0.352 e. The van der Waals surface area contributed by atoms with Crippen LogP contribution in [0.25, 0.3) is 16.8 Å². The molecule has 0 bridgehead atoms. The second-order valence-electron chi connectivity index (χ2n) is 8.99. The molecule has 5 heteroatoms. The maximum Gasteiger partial charge on any atom is 0.352 e. The van der Waals surface area contributed by atoms with Gasteiger partial charge in [0.2, 0.25) is 0 Å². The first-order valence-electron chi connectivity index (χ1n) is 12.0. The third-order valence-corrected chi connectivity index (χ3v) is 6.91. The van der Waals surface area contributed by atoms with Crippen LogP contribution in [0.15, 0.2) is 137 Å². The molecule has 0 radical (unpaired) electrons. The van der Waals surface area contributed by atoms with Crippen molar-refractivity contribution >= 4 is 11.1 Å². The van der Waals surface area contributed by atoms with Crippen molar-refractivity contribution in [3.8, 4) is 5.69 Å². The fourth-order valence-electron chi connectivity index (χ4n) is 5.22. The minimum atomic E-state index is -0.481. The van der Waals surface area contributed by atoms with Crippen molar-refractivity contribution in [2.75, 3.05) is 0 Å². The third-order valence-electron chi connectivity index (χ3n) is 6.91. The Morgan fingerprint density at radius 3 is 2.08 bits per heavy atom. The minimum Gasteiger partial charge on any atom is -0.245 e. The normalized spacial score (nSPS) is 16.7. The Kier molecular flexibility index (Phi) is 5.38. The van der Waals surface area contributed by atoms with Crippen LogP contribution in [0, 0.1) is 0 Å². The monoisotopic (exact) mass is 471 g/mol. The highest BCUT2D eigenvalue weighted by Gasteiger charge is 2.36. The van der Waals surface area contributed by atoms with E-state index >= 15 is 0 Å². The van der Waals surface area contributed by atoms with E-state index in [9.17, 15) is 9.59 Å². The molecule has 6 rings (SSSR count). The van der Waals surface area contributed by atoms with E-state index in [1.165, 1.54) is 4.57 Å². The van der Waals surface area contributed by atoms with Gasteiger partial charge in [-0.25, -0.2) is 23.5 Å². The van der Waals surface area contributed by atoms with Gasteiger partial charge in [-0.1, -0.05) is 104 Å². The zero-order valence-electron chi connectivity index (χ0n) is 19.7. The summed E-state index contributed by atoms with van der Waals surface area (Å²) in [5.74, 6) is 0. The molecule has 5 nitrogen and oxygen atoms in total. The Morgan fingerprint density at radius 2 is 1.44 bits per heavy atom. The Hall–Kier alpha value is -4.64. The SMILES string of the molecule is C=C(C1=C(c2ccccc2)Cn2c(=O)n(-c3ccccc3)c(=O)n2C1C1=CCC=C1)c1ccccc1. The number of nitrogens with zero attached hydrogens (tertiary/aromatic N) is 3. The van der Waals surface area contributed by atoms with Crippen LogP contribution in [-0.2, 0) is 6.54 Å². The van der Waals surface area contributed by atoms with Crippen molar-refractivity contribution in [2.45, 2.75) is 19.0 Å². The molecular weight excluding hydrogens is 446 g/mol. The molecule has 1 atom stereocenters. The molecule has 176 valence electrons. The maximum absolute atomic E-state index is 14.0. The molecule has 0 fully saturated rings. The lowest BCUT2D eigenvalue weighted by molar-refractivity contribution is 0.436. The number of aromatic nitrogens is 3. The number of fused-ring (bicyclic) bond motifs is 1. The lowest BCUT2D eigenvalue weighted by atomic mass is 9.83. The van der Waals surface area contributed by atoms with E-state index in [0.29, 0.717) is 5.69 Å². The van der Waals surface area contributed by atoms with E-state index in [2.05, 4.69) is 36.9 Å². The molecule has 3 aromatic carbocycles. The number of hydrogen-bond acceptors (Lipinski definition) is 2. The molecule has 0 spiro atoms. The van der Waals surface area contributed by atoms with E-state index in [4.69, 9.17) is 0 Å². The van der Waals surface area contributed by atoms with Crippen molar-refractivity contribution < 1.29 is 0 Å². The summed E-state index contributed by atoms with van der Waals surface area (Å²) in [6.07, 6.45) is 7.04.